The Labute approximate surface area is 131 Å². The second-order valence-electron chi connectivity index (χ2n) is 5.53. The molecule has 5 heteroatoms. The van der Waals surface area contributed by atoms with Gasteiger partial charge in [0, 0.05) is 11.1 Å². The summed E-state index contributed by atoms with van der Waals surface area (Å²) < 4.78 is 0. The largest absolute Gasteiger partial charge is 0.395 e. The number of nitrogens with zero attached hydrogens (tertiary/aromatic N) is 1. The minimum atomic E-state index is 0.00458. The zero-order valence-electron chi connectivity index (χ0n) is 12.4. The zero-order chi connectivity index (χ0) is 15.2. The molecule has 0 spiro atoms. The summed E-state index contributed by atoms with van der Waals surface area (Å²) in [4.78, 5) is 14.3. The van der Waals surface area contributed by atoms with Crippen molar-refractivity contribution in [1.29, 1.82) is 0 Å². The number of amides is 1. The van der Waals surface area contributed by atoms with Crippen LogP contribution in [0.3, 0.4) is 0 Å². The molecule has 2 rings (SSSR count). The molecule has 1 unspecified atom stereocenters. The van der Waals surface area contributed by atoms with E-state index in [0.717, 1.165) is 31.4 Å². The number of hydrogen-bond donors (Lipinski definition) is 2. The molecule has 0 aliphatic carbocycles. The summed E-state index contributed by atoms with van der Waals surface area (Å²) in [6.45, 7) is 3.42. The molecule has 4 nitrogen and oxygen atoms in total. The molecule has 1 aliphatic heterocycles. The van der Waals surface area contributed by atoms with Crippen LogP contribution in [0.2, 0.25) is 5.02 Å². The molecule has 1 aromatic carbocycles. The number of nitrogens with one attached hydrogen (secondary N) is 1. The van der Waals surface area contributed by atoms with Crippen molar-refractivity contribution in [3.8, 4) is 0 Å². The molecular weight excluding hydrogens is 288 g/mol. The maximum Gasteiger partial charge on any atom is 0.234 e. The van der Waals surface area contributed by atoms with Gasteiger partial charge >= 0.3 is 0 Å². The van der Waals surface area contributed by atoms with Crippen LogP contribution >= 0.6 is 11.6 Å². The lowest BCUT2D eigenvalue weighted by Gasteiger charge is -2.24. The van der Waals surface area contributed by atoms with Gasteiger partial charge in [-0.1, -0.05) is 30.7 Å². The minimum Gasteiger partial charge on any atom is -0.395 e. The number of likely N-dealkylation sites (tertiary alicyclic amines) is 1. The molecule has 1 heterocycles. The molecule has 0 aromatic heterocycles. The zero-order valence-corrected chi connectivity index (χ0v) is 13.1. The second kappa shape index (κ2) is 7.78. The summed E-state index contributed by atoms with van der Waals surface area (Å²) in [5, 5.41) is 13.1. The molecular formula is C16H23ClN2O2. The second-order valence-corrected chi connectivity index (χ2v) is 5.97. The molecule has 1 saturated heterocycles. The topological polar surface area (TPSA) is 52.6 Å². The molecule has 0 saturated carbocycles. The van der Waals surface area contributed by atoms with Crippen molar-refractivity contribution < 1.29 is 9.90 Å². The van der Waals surface area contributed by atoms with E-state index in [9.17, 15) is 9.90 Å². The first-order valence-electron chi connectivity index (χ1n) is 7.53. The summed E-state index contributed by atoms with van der Waals surface area (Å²) in [5.41, 5.74) is 1.07. The average molecular weight is 311 g/mol. The summed E-state index contributed by atoms with van der Waals surface area (Å²) in [7, 11) is 0. The van der Waals surface area contributed by atoms with Crippen molar-refractivity contribution in [2.45, 2.75) is 38.3 Å². The van der Waals surface area contributed by atoms with E-state index < -0.39 is 0 Å². The van der Waals surface area contributed by atoms with E-state index in [-0.39, 0.29) is 24.6 Å². The van der Waals surface area contributed by atoms with Gasteiger partial charge in [0.15, 0.2) is 0 Å². The molecule has 116 valence electrons. The highest BCUT2D eigenvalue weighted by molar-refractivity contribution is 6.30. The van der Waals surface area contributed by atoms with Gasteiger partial charge in [-0.05, 0) is 43.5 Å². The quantitative estimate of drug-likeness (QED) is 0.848. The predicted molar refractivity (Wildman–Crippen MR) is 84.3 cm³/mol. The van der Waals surface area contributed by atoms with E-state index in [2.05, 4.69) is 10.2 Å². The van der Waals surface area contributed by atoms with Gasteiger partial charge in [-0.3, -0.25) is 9.69 Å². The number of benzene rings is 1. The highest BCUT2D eigenvalue weighted by atomic mass is 35.5. The van der Waals surface area contributed by atoms with Crippen LogP contribution in [0, 0.1) is 0 Å². The summed E-state index contributed by atoms with van der Waals surface area (Å²) in [5.74, 6) is 0.0112. The van der Waals surface area contributed by atoms with Crippen molar-refractivity contribution in [3.63, 3.8) is 0 Å². The maximum absolute atomic E-state index is 12.2. The fourth-order valence-electron chi connectivity index (χ4n) is 2.85. The Morgan fingerprint density at radius 1 is 1.48 bits per heavy atom. The smallest absolute Gasteiger partial charge is 0.234 e. The standard InChI is InChI=1S/C16H23ClN2O2/c1-2-15(12-5-7-13(17)8-6-12)18-16(21)10-19-9-3-4-14(19)11-20/h5-8,14-15,20H,2-4,9-11H2,1H3,(H,18,21)/t14-,15?/m1/s1. The van der Waals surface area contributed by atoms with Gasteiger partial charge in [0.2, 0.25) is 5.91 Å². The van der Waals surface area contributed by atoms with Crippen molar-refractivity contribution in [3.05, 3.63) is 34.9 Å². The van der Waals surface area contributed by atoms with Gasteiger partial charge in [-0.15, -0.1) is 0 Å². The molecule has 21 heavy (non-hydrogen) atoms. The van der Waals surface area contributed by atoms with E-state index in [1.54, 1.807) is 0 Å². The van der Waals surface area contributed by atoms with E-state index in [1.807, 2.05) is 31.2 Å². The predicted octanol–water partition coefficient (Wildman–Crippen LogP) is 2.36. The molecule has 2 atom stereocenters. The Balaban J connectivity index is 1.92. The Kier molecular flexibility index (Phi) is 6.03. The number of rotatable bonds is 6. The number of aliphatic hydroxyl groups is 1. The Hall–Kier alpha value is -1.10. The lowest BCUT2D eigenvalue weighted by atomic mass is 10.0. The Bertz CT molecular complexity index is 464. The van der Waals surface area contributed by atoms with Gasteiger partial charge in [0.1, 0.15) is 0 Å². The van der Waals surface area contributed by atoms with Crippen molar-refractivity contribution in [1.82, 2.24) is 10.2 Å². The van der Waals surface area contributed by atoms with Crippen LogP contribution in [0.5, 0.6) is 0 Å². The van der Waals surface area contributed by atoms with Gasteiger partial charge < -0.3 is 10.4 Å². The molecule has 1 aliphatic rings. The lowest BCUT2D eigenvalue weighted by molar-refractivity contribution is -0.123. The van der Waals surface area contributed by atoms with E-state index >= 15 is 0 Å². The van der Waals surface area contributed by atoms with Crippen molar-refractivity contribution in [2.24, 2.45) is 0 Å². The third-order valence-electron chi connectivity index (χ3n) is 4.07. The summed E-state index contributed by atoms with van der Waals surface area (Å²) in [6, 6.07) is 7.71. The van der Waals surface area contributed by atoms with Gasteiger partial charge in [0.25, 0.3) is 0 Å². The first-order valence-corrected chi connectivity index (χ1v) is 7.91. The molecule has 1 amide bonds. The number of aliphatic hydroxyl groups excluding tert-OH is 1. The molecule has 2 N–H and O–H groups in total. The van der Waals surface area contributed by atoms with Crippen LogP contribution in [-0.2, 0) is 4.79 Å². The summed E-state index contributed by atoms with van der Waals surface area (Å²) >= 11 is 5.89. The minimum absolute atomic E-state index is 0.00458. The summed E-state index contributed by atoms with van der Waals surface area (Å²) in [6.07, 6.45) is 2.85. The number of carbonyl (C=O) groups excluding carboxylic acids is 1. The SMILES string of the molecule is CCC(NC(=O)CN1CCC[C@@H]1CO)c1ccc(Cl)cc1. The van der Waals surface area contributed by atoms with Gasteiger partial charge in [-0.2, -0.15) is 0 Å². The van der Waals surface area contributed by atoms with E-state index in [4.69, 9.17) is 11.6 Å². The van der Waals surface area contributed by atoms with Gasteiger partial charge in [0.05, 0.1) is 19.2 Å². The van der Waals surface area contributed by atoms with Crippen LogP contribution < -0.4 is 5.32 Å². The van der Waals surface area contributed by atoms with Crippen LogP contribution in [-0.4, -0.2) is 41.7 Å². The van der Waals surface area contributed by atoms with Crippen LogP contribution in [0.1, 0.15) is 37.8 Å². The number of halogens is 1. The van der Waals surface area contributed by atoms with Crippen molar-refractivity contribution >= 4 is 17.5 Å². The third kappa shape index (κ3) is 4.43. The fraction of sp³-hybridized carbons (Fsp3) is 0.562. The first kappa shape index (κ1) is 16.3. The number of carbonyl (C=O) groups is 1. The van der Waals surface area contributed by atoms with E-state index in [1.165, 1.54) is 0 Å². The van der Waals surface area contributed by atoms with Crippen LogP contribution in [0.4, 0.5) is 0 Å². The Morgan fingerprint density at radius 3 is 2.81 bits per heavy atom. The van der Waals surface area contributed by atoms with Gasteiger partial charge in [-0.25, -0.2) is 0 Å². The highest BCUT2D eigenvalue weighted by Gasteiger charge is 2.26. The third-order valence-corrected chi connectivity index (χ3v) is 4.32. The monoisotopic (exact) mass is 310 g/mol. The first-order chi connectivity index (χ1) is 10.1. The average Bonchev–Trinajstić information content (AvgIpc) is 2.93. The Morgan fingerprint density at radius 2 is 2.19 bits per heavy atom. The molecule has 0 radical (unpaired) electrons. The normalized spacial score (nSPS) is 20.4. The fourth-order valence-corrected chi connectivity index (χ4v) is 2.98. The van der Waals surface area contributed by atoms with E-state index in [0.29, 0.717) is 11.6 Å². The van der Waals surface area contributed by atoms with Crippen LogP contribution in [0.25, 0.3) is 0 Å². The molecule has 1 fully saturated rings. The lowest BCUT2D eigenvalue weighted by Crippen LogP contribution is -2.42. The molecule has 0 bridgehead atoms. The van der Waals surface area contributed by atoms with Crippen LogP contribution in [0.15, 0.2) is 24.3 Å². The van der Waals surface area contributed by atoms with Crippen molar-refractivity contribution in [2.75, 3.05) is 19.7 Å². The highest BCUT2D eigenvalue weighted by Crippen LogP contribution is 2.20. The number of hydrogen-bond acceptors (Lipinski definition) is 3. The maximum atomic E-state index is 12.2. The molecule has 1 aromatic rings.